The van der Waals surface area contributed by atoms with Crippen molar-refractivity contribution in [2.45, 2.75) is 20.0 Å². The maximum absolute atomic E-state index is 11.2. The van der Waals surface area contributed by atoms with Gasteiger partial charge in [0.15, 0.2) is 5.76 Å². The van der Waals surface area contributed by atoms with Crippen molar-refractivity contribution in [3.05, 3.63) is 88.2 Å². The van der Waals surface area contributed by atoms with E-state index in [9.17, 15) is 10.1 Å². The molecule has 2 aromatic carbocycles. The fraction of sp³-hybridized carbons (Fsp3) is 0.200. The van der Waals surface area contributed by atoms with E-state index in [2.05, 4.69) is 19.1 Å². The molecular weight excluding hydrogens is 316 g/mol. The van der Waals surface area contributed by atoms with Crippen LogP contribution in [-0.4, -0.2) is 11.5 Å². The van der Waals surface area contributed by atoms with Gasteiger partial charge in [0.25, 0.3) is 5.69 Å². The van der Waals surface area contributed by atoms with Gasteiger partial charge in [-0.3, -0.25) is 10.1 Å². The molecule has 1 unspecified atom stereocenters. The minimum absolute atomic E-state index is 0.0624. The Balaban J connectivity index is 1.76. The summed E-state index contributed by atoms with van der Waals surface area (Å²) < 4.78 is 5.91. The van der Waals surface area contributed by atoms with E-state index in [1.807, 2.05) is 30.3 Å². The van der Waals surface area contributed by atoms with Crippen molar-refractivity contribution >= 4 is 5.69 Å². The lowest BCUT2D eigenvalue weighted by Crippen LogP contribution is -3.09. The number of nitrogens with zero attached hydrogens (tertiary/aromatic N) is 1. The molecule has 3 rings (SSSR count). The average molecular weight is 337 g/mol. The summed E-state index contributed by atoms with van der Waals surface area (Å²) in [7, 11) is 0. The van der Waals surface area contributed by atoms with Gasteiger partial charge in [0.2, 0.25) is 0 Å². The summed E-state index contributed by atoms with van der Waals surface area (Å²) in [4.78, 5) is 12.2. The lowest BCUT2D eigenvalue weighted by Gasteiger charge is -2.16. The molecule has 0 aliphatic rings. The molecule has 5 heteroatoms. The number of furan rings is 1. The van der Waals surface area contributed by atoms with Gasteiger partial charge in [-0.25, -0.2) is 0 Å². The van der Waals surface area contributed by atoms with E-state index in [0.717, 1.165) is 25.4 Å². The molecule has 0 fully saturated rings. The summed E-state index contributed by atoms with van der Waals surface area (Å²) >= 11 is 0. The van der Waals surface area contributed by atoms with E-state index in [4.69, 9.17) is 4.42 Å². The fourth-order valence-corrected chi connectivity index (χ4v) is 2.90. The number of rotatable bonds is 7. The molecule has 1 heterocycles. The highest BCUT2D eigenvalue weighted by atomic mass is 16.6. The molecular formula is C20H21N2O3+. The van der Waals surface area contributed by atoms with Crippen LogP contribution < -0.4 is 4.90 Å². The number of para-hydroxylation sites is 1. The standard InChI is InChI=1S/C20H20N2O3/c1-2-21(14-16-8-4-3-5-9-16)15-17-12-13-20(25-17)18-10-6-7-11-19(18)22(23)24/h3-13H,2,14-15H2,1H3/p+1. The number of nitro benzene ring substituents is 1. The molecule has 25 heavy (non-hydrogen) atoms. The first kappa shape index (κ1) is 16.9. The number of quaternary nitrogens is 1. The predicted octanol–water partition coefficient (Wildman–Crippen LogP) is 3.46. The second-order valence-corrected chi connectivity index (χ2v) is 5.98. The minimum Gasteiger partial charge on any atom is -0.455 e. The summed E-state index contributed by atoms with van der Waals surface area (Å²) in [5, 5.41) is 11.2. The molecule has 0 saturated heterocycles. The Morgan fingerprint density at radius 3 is 2.40 bits per heavy atom. The van der Waals surface area contributed by atoms with Crippen LogP contribution in [0.15, 0.2) is 71.1 Å². The smallest absolute Gasteiger partial charge is 0.280 e. The van der Waals surface area contributed by atoms with Gasteiger partial charge in [-0.05, 0) is 25.1 Å². The van der Waals surface area contributed by atoms with E-state index < -0.39 is 0 Å². The summed E-state index contributed by atoms with van der Waals surface area (Å²) in [6, 6.07) is 20.7. The van der Waals surface area contributed by atoms with Crippen LogP contribution >= 0.6 is 0 Å². The van der Waals surface area contributed by atoms with Crippen LogP contribution in [0.4, 0.5) is 5.69 Å². The molecule has 3 aromatic rings. The topological polar surface area (TPSA) is 60.7 Å². The Hall–Kier alpha value is -2.92. The first-order valence-electron chi connectivity index (χ1n) is 8.37. The summed E-state index contributed by atoms with van der Waals surface area (Å²) in [5.74, 6) is 1.37. The van der Waals surface area contributed by atoms with Crippen LogP contribution in [0.5, 0.6) is 0 Å². The monoisotopic (exact) mass is 337 g/mol. The molecule has 0 saturated carbocycles. The van der Waals surface area contributed by atoms with E-state index in [1.165, 1.54) is 16.5 Å². The van der Waals surface area contributed by atoms with Crippen molar-refractivity contribution in [3.63, 3.8) is 0 Å². The molecule has 0 amide bonds. The van der Waals surface area contributed by atoms with Gasteiger partial charge in [0, 0.05) is 11.6 Å². The first-order chi connectivity index (χ1) is 12.2. The molecule has 0 aliphatic heterocycles. The second kappa shape index (κ2) is 7.77. The van der Waals surface area contributed by atoms with Crippen LogP contribution in [0.1, 0.15) is 18.2 Å². The molecule has 0 bridgehead atoms. The number of nitrogens with one attached hydrogen (secondary N) is 1. The Morgan fingerprint density at radius 2 is 1.68 bits per heavy atom. The molecule has 1 N–H and O–H groups in total. The van der Waals surface area contributed by atoms with E-state index in [-0.39, 0.29) is 10.6 Å². The molecule has 128 valence electrons. The predicted molar refractivity (Wildman–Crippen MR) is 96.2 cm³/mol. The van der Waals surface area contributed by atoms with Gasteiger partial charge < -0.3 is 9.32 Å². The molecule has 0 radical (unpaired) electrons. The average Bonchev–Trinajstić information content (AvgIpc) is 3.10. The fourth-order valence-electron chi connectivity index (χ4n) is 2.90. The maximum atomic E-state index is 11.2. The van der Waals surface area contributed by atoms with Crippen LogP contribution in [0.2, 0.25) is 0 Å². The third kappa shape index (κ3) is 4.14. The molecule has 1 aromatic heterocycles. The third-order valence-electron chi connectivity index (χ3n) is 4.25. The molecule has 0 aliphatic carbocycles. The number of benzene rings is 2. The van der Waals surface area contributed by atoms with Crippen molar-refractivity contribution in [1.82, 2.24) is 0 Å². The zero-order chi connectivity index (χ0) is 17.6. The van der Waals surface area contributed by atoms with E-state index in [0.29, 0.717) is 11.3 Å². The van der Waals surface area contributed by atoms with Crippen LogP contribution in [0, 0.1) is 10.1 Å². The Bertz CT molecular complexity index is 843. The summed E-state index contributed by atoms with van der Waals surface area (Å²) in [6.07, 6.45) is 0. The van der Waals surface area contributed by atoms with Gasteiger partial charge in [-0.1, -0.05) is 42.5 Å². The zero-order valence-corrected chi connectivity index (χ0v) is 14.1. The number of hydrogen-bond donors (Lipinski definition) is 1. The van der Waals surface area contributed by atoms with Gasteiger partial charge in [0.1, 0.15) is 18.8 Å². The van der Waals surface area contributed by atoms with Crippen molar-refractivity contribution in [3.8, 4) is 11.3 Å². The SMILES string of the molecule is CC[NH+](Cc1ccccc1)Cc1ccc(-c2ccccc2[N+](=O)[O-])o1. The molecule has 1 atom stereocenters. The second-order valence-electron chi connectivity index (χ2n) is 5.98. The van der Waals surface area contributed by atoms with Crippen LogP contribution in [-0.2, 0) is 13.1 Å². The van der Waals surface area contributed by atoms with Gasteiger partial charge >= 0.3 is 0 Å². The summed E-state index contributed by atoms with van der Waals surface area (Å²) in [5.41, 5.74) is 1.86. The quantitative estimate of drug-likeness (QED) is 0.530. The molecule has 0 spiro atoms. The Labute approximate surface area is 146 Å². The van der Waals surface area contributed by atoms with E-state index >= 15 is 0 Å². The first-order valence-corrected chi connectivity index (χ1v) is 8.37. The molecule has 5 nitrogen and oxygen atoms in total. The Morgan fingerprint density at radius 1 is 0.960 bits per heavy atom. The maximum Gasteiger partial charge on any atom is 0.280 e. The summed E-state index contributed by atoms with van der Waals surface area (Å²) in [6.45, 7) is 4.77. The lowest BCUT2D eigenvalue weighted by molar-refractivity contribution is -0.926. The van der Waals surface area contributed by atoms with Crippen molar-refractivity contribution in [2.75, 3.05) is 6.54 Å². The van der Waals surface area contributed by atoms with Gasteiger partial charge in [0.05, 0.1) is 17.0 Å². The highest BCUT2D eigenvalue weighted by molar-refractivity contribution is 5.69. The van der Waals surface area contributed by atoms with Crippen molar-refractivity contribution in [1.29, 1.82) is 0 Å². The zero-order valence-electron chi connectivity index (χ0n) is 14.1. The van der Waals surface area contributed by atoms with Gasteiger partial charge in [-0.2, -0.15) is 0 Å². The van der Waals surface area contributed by atoms with Crippen LogP contribution in [0.3, 0.4) is 0 Å². The number of nitro groups is 1. The largest absolute Gasteiger partial charge is 0.455 e. The van der Waals surface area contributed by atoms with Crippen LogP contribution in [0.25, 0.3) is 11.3 Å². The highest BCUT2D eigenvalue weighted by Gasteiger charge is 2.18. The van der Waals surface area contributed by atoms with Crippen molar-refractivity contribution in [2.24, 2.45) is 0 Å². The normalized spacial score (nSPS) is 12.0. The third-order valence-corrected chi connectivity index (χ3v) is 4.25. The van der Waals surface area contributed by atoms with Crippen molar-refractivity contribution < 1.29 is 14.2 Å². The minimum atomic E-state index is -0.378. The van der Waals surface area contributed by atoms with E-state index in [1.54, 1.807) is 18.2 Å². The van der Waals surface area contributed by atoms with Gasteiger partial charge in [-0.15, -0.1) is 0 Å². The Kier molecular flexibility index (Phi) is 5.26. The number of hydrogen-bond acceptors (Lipinski definition) is 3. The lowest BCUT2D eigenvalue weighted by atomic mass is 10.1. The highest BCUT2D eigenvalue weighted by Crippen LogP contribution is 2.30.